The number of carboxylic acids is 1. The molecule has 146 valence electrons. The van der Waals surface area contributed by atoms with Crippen LogP contribution in [0, 0.1) is 17.6 Å². The molecule has 4 rings (SSSR count). The van der Waals surface area contributed by atoms with Crippen LogP contribution in [-0.4, -0.2) is 33.7 Å². The van der Waals surface area contributed by atoms with Crippen molar-refractivity contribution in [2.75, 3.05) is 11.4 Å². The third-order valence-corrected chi connectivity index (χ3v) is 4.40. The minimum atomic E-state index is -1.05. The van der Waals surface area contributed by atoms with Crippen LogP contribution < -0.4 is 10.6 Å². The van der Waals surface area contributed by atoms with Gasteiger partial charge >= 0.3 is 5.97 Å². The van der Waals surface area contributed by atoms with Crippen molar-refractivity contribution in [1.82, 2.24) is 10.2 Å². The Morgan fingerprint density at radius 2 is 1.96 bits per heavy atom. The minimum absolute atomic E-state index is 0.161. The fourth-order valence-corrected chi connectivity index (χ4v) is 2.99. The lowest BCUT2D eigenvalue weighted by molar-refractivity contribution is -0.144. The van der Waals surface area contributed by atoms with Gasteiger partial charge in [0.1, 0.15) is 17.6 Å². The van der Waals surface area contributed by atoms with E-state index in [2.05, 4.69) is 10.2 Å². The van der Waals surface area contributed by atoms with Crippen LogP contribution >= 0.6 is 0 Å². The van der Waals surface area contributed by atoms with Gasteiger partial charge in [0.05, 0.1) is 11.7 Å². The quantitative estimate of drug-likeness (QED) is 0.597. The second-order valence-electron chi connectivity index (χ2n) is 6.29. The standard InChI is InChI=1S/C12H11N3O3.C7H7F2N/c16-11-9(12(17)18)3-4-15(11)8-1-2-10-7(5-8)6-13-14-10;8-6-1-5(4-10)2-7(9)3-6/h1-2,5-6,9H,3-4H2,(H,13,14)(H,17,18);1-3H,4,10H2. The van der Waals surface area contributed by atoms with Gasteiger partial charge in [0.2, 0.25) is 5.91 Å². The molecule has 1 fully saturated rings. The van der Waals surface area contributed by atoms with Crippen molar-refractivity contribution in [2.24, 2.45) is 11.7 Å². The molecule has 0 aliphatic carbocycles. The molecule has 2 heterocycles. The average Bonchev–Trinajstić information content (AvgIpc) is 3.27. The predicted octanol–water partition coefficient (Wildman–Crippen LogP) is 2.42. The van der Waals surface area contributed by atoms with E-state index in [4.69, 9.17) is 10.8 Å². The lowest BCUT2D eigenvalue weighted by atomic mass is 10.1. The summed E-state index contributed by atoms with van der Waals surface area (Å²) in [6.45, 7) is 0.605. The molecule has 9 heteroatoms. The molecular weight excluding hydrogens is 370 g/mol. The molecule has 7 nitrogen and oxygen atoms in total. The highest BCUT2D eigenvalue weighted by Crippen LogP contribution is 2.27. The zero-order chi connectivity index (χ0) is 20.3. The first kappa shape index (κ1) is 19.4. The molecule has 0 bridgehead atoms. The van der Waals surface area contributed by atoms with Gasteiger partial charge in [0.15, 0.2) is 0 Å². The summed E-state index contributed by atoms with van der Waals surface area (Å²) < 4.78 is 24.6. The van der Waals surface area contributed by atoms with Gasteiger partial charge < -0.3 is 15.7 Å². The third-order valence-electron chi connectivity index (χ3n) is 4.40. The summed E-state index contributed by atoms with van der Waals surface area (Å²) >= 11 is 0. The number of carbonyl (C=O) groups is 2. The van der Waals surface area contributed by atoms with E-state index in [1.54, 1.807) is 12.3 Å². The number of carbonyl (C=O) groups excluding carboxylic acids is 1. The summed E-state index contributed by atoms with van der Waals surface area (Å²) in [4.78, 5) is 24.4. The van der Waals surface area contributed by atoms with Crippen LogP contribution in [0.5, 0.6) is 0 Å². The molecule has 1 saturated heterocycles. The minimum Gasteiger partial charge on any atom is -0.481 e. The summed E-state index contributed by atoms with van der Waals surface area (Å²) in [5.41, 5.74) is 7.23. The smallest absolute Gasteiger partial charge is 0.316 e. The summed E-state index contributed by atoms with van der Waals surface area (Å²) in [6, 6.07) is 8.70. The first-order valence-corrected chi connectivity index (χ1v) is 8.51. The van der Waals surface area contributed by atoms with Gasteiger partial charge in [-0.25, -0.2) is 8.78 Å². The average molecular weight is 388 g/mol. The fourth-order valence-electron chi connectivity index (χ4n) is 2.99. The number of aliphatic carboxylic acids is 1. The molecule has 0 saturated carbocycles. The normalized spacial score (nSPS) is 16.2. The van der Waals surface area contributed by atoms with E-state index in [1.165, 1.54) is 17.0 Å². The molecule has 0 spiro atoms. The molecule has 2 aromatic carbocycles. The number of nitrogens with one attached hydrogen (secondary N) is 1. The Labute approximate surface area is 158 Å². The summed E-state index contributed by atoms with van der Waals surface area (Å²) in [5.74, 6) is -3.47. The van der Waals surface area contributed by atoms with E-state index in [0.29, 0.717) is 18.5 Å². The van der Waals surface area contributed by atoms with Crippen LogP contribution in [0.25, 0.3) is 10.9 Å². The monoisotopic (exact) mass is 388 g/mol. The van der Waals surface area contributed by atoms with Crippen molar-refractivity contribution < 1.29 is 23.5 Å². The zero-order valence-corrected chi connectivity index (χ0v) is 14.7. The van der Waals surface area contributed by atoms with Gasteiger partial charge in [-0.3, -0.25) is 14.7 Å². The number of fused-ring (bicyclic) bond motifs is 1. The van der Waals surface area contributed by atoms with Crippen LogP contribution in [-0.2, 0) is 16.1 Å². The first-order valence-electron chi connectivity index (χ1n) is 8.51. The van der Waals surface area contributed by atoms with Crippen molar-refractivity contribution >= 4 is 28.5 Å². The van der Waals surface area contributed by atoms with E-state index < -0.39 is 23.5 Å². The van der Waals surface area contributed by atoms with Crippen LogP contribution in [0.4, 0.5) is 14.5 Å². The Balaban J connectivity index is 0.000000192. The van der Waals surface area contributed by atoms with Gasteiger partial charge in [-0.05, 0) is 42.3 Å². The Bertz CT molecular complexity index is 1000. The number of aromatic nitrogens is 2. The molecule has 1 atom stereocenters. The molecule has 1 aliphatic rings. The molecular formula is C19H18F2N4O3. The summed E-state index contributed by atoms with van der Waals surface area (Å²) in [7, 11) is 0. The highest BCUT2D eigenvalue weighted by atomic mass is 19.1. The maximum atomic E-state index is 12.3. The Kier molecular flexibility index (Phi) is 5.65. The zero-order valence-electron chi connectivity index (χ0n) is 14.7. The predicted molar refractivity (Wildman–Crippen MR) is 98.4 cm³/mol. The Morgan fingerprint density at radius 3 is 2.57 bits per heavy atom. The molecule has 4 N–H and O–H groups in total. The second-order valence-corrected chi connectivity index (χ2v) is 6.29. The number of carboxylic acid groups (broad SMARTS) is 1. The lowest BCUT2D eigenvalue weighted by Crippen LogP contribution is -2.29. The number of benzene rings is 2. The number of nitrogens with two attached hydrogens (primary N) is 1. The first-order chi connectivity index (χ1) is 13.4. The Morgan fingerprint density at radius 1 is 1.25 bits per heavy atom. The third kappa shape index (κ3) is 4.15. The van der Waals surface area contributed by atoms with Gasteiger partial charge in [-0.1, -0.05) is 0 Å². The van der Waals surface area contributed by atoms with Gasteiger partial charge in [0, 0.05) is 30.2 Å². The largest absolute Gasteiger partial charge is 0.481 e. The van der Waals surface area contributed by atoms with Crippen molar-refractivity contribution in [1.29, 1.82) is 0 Å². The van der Waals surface area contributed by atoms with E-state index in [-0.39, 0.29) is 12.5 Å². The number of anilines is 1. The number of aromatic amines is 1. The van der Waals surface area contributed by atoms with Crippen molar-refractivity contribution in [3.05, 3.63) is 59.8 Å². The molecule has 1 aromatic heterocycles. The summed E-state index contributed by atoms with van der Waals surface area (Å²) in [6.07, 6.45) is 2.03. The highest BCUT2D eigenvalue weighted by Gasteiger charge is 2.37. The number of nitrogens with zero attached hydrogens (tertiary/aromatic N) is 2. The van der Waals surface area contributed by atoms with Gasteiger partial charge in [-0.2, -0.15) is 5.10 Å². The van der Waals surface area contributed by atoms with Crippen LogP contribution in [0.2, 0.25) is 0 Å². The lowest BCUT2D eigenvalue weighted by Gasteiger charge is -2.16. The fraction of sp³-hybridized carbons (Fsp3) is 0.211. The number of H-pyrrole nitrogens is 1. The number of amides is 1. The van der Waals surface area contributed by atoms with Gasteiger partial charge in [0.25, 0.3) is 0 Å². The maximum Gasteiger partial charge on any atom is 0.316 e. The summed E-state index contributed by atoms with van der Waals surface area (Å²) in [5, 5.41) is 16.6. The van der Waals surface area contributed by atoms with Crippen molar-refractivity contribution in [3.8, 4) is 0 Å². The molecule has 3 aromatic rings. The topological polar surface area (TPSA) is 112 Å². The SMILES string of the molecule is NCc1cc(F)cc(F)c1.O=C(O)C1CCN(c2ccc3[nH]ncc3c2)C1=O. The van der Waals surface area contributed by atoms with E-state index in [0.717, 1.165) is 22.7 Å². The number of hydrogen-bond acceptors (Lipinski definition) is 4. The van der Waals surface area contributed by atoms with E-state index >= 15 is 0 Å². The van der Waals surface area contributed by atoms with E-state index in [1.807, 2.05) is 12.1 Å². The molecule has 0 radical (unpaired) electrons. The Hall–Kier alpha value is -3.33. The van der Waals surface area contributed by atoms with Crippen molar-refractivity contribution in [3.63, 3.8) is 0 Å². The van der Waals surface area contributed by atoms with Crippen molar-refractivity contribution in [2.45, 2.75) is 13.0 Å². The van der Waals surface area contributed by atoms with Crippen LogP contribution in [0.15, 0.2) is 42.6 Å². The van der Waals surface area contributed by atoms with E-state index in [9.17, 15) is 18.4 Å². The number of halogens is 2. The molecule has 28 heavy (non-hydrogen) atoms. The number of rotatable bonds is 3. The van der Waals surface area contributed by atoms with Gasteiger partial charge in [-0.15, -0.1) is 0 Å². The van der Waals surface area contributed by atoms with Crippen LogP contribution in [0.1, 0.15) is 12.0 Å². The highest BCUT2D eigenvalue weighted by molar-refractivity contribution is 6.08. The van der Waals surface area contributed by atoms with Crippen LogP contribution in [0.3, 0.4) is 0 Å². The molecule has 1 aliphatic heterocycles. The molecule has 1 unspecified atom stereocenters. The second kappa shape index (κ2) is 8.13. The maximum absolute atomic E-state index is 12.3. The number of hydrogen-bond donors (Lipinski definition) is 3. The molecule has 1 amide bonds.